The van der Waals surface area contributed by atoms with E-state index in [1.165, 1.54) is 18.4 Å². The normalized spacial score (nSPS) is 19.2. The van der Waals surface area contributed by atoms with E-state index in [0.717, 1.165) is 32.0 Å². The van der Waals surface area contributed by atoms with Crippen LogP contribution in [0.4, 0.5) is 0 Å². The molecule has 0 radical (unpaired) electrons. The van der Waals surface area contributed by atoms with Crippen molar-refractivity contribution in [3.8, 4) is 0 Å². The summed E-state index contributed by atoms with van der Waals surface area (Å²) in [7, 11) is 8.24. The van der Waals surface area contributed by atoms with Crippen molar-refractivity contribution >= 4 is 29.9 Å². The minimum Gasteiger partial charge on any atom is -0.355 e. The quantitative estimate of drug-likeness (QED) is 0.374. The molecule has 0 aromatic carbocycles. The monoisotopic (exact) mass is 476 g/mol. The number of aliphatic imine (C=N–C) groups is 1. The van der Waals surface area contributed by atoms with Gasteiger partial charge in [-0.3, -0.25) is 9.67 Å². The third kappa shape index (κ3) is 5.84. The fraction of sp³-hybridized carbons (Fsp3) is 0.789. The molecule has 2 rings (SSSR count). The predicted molar refractivity (Wildman–Crippen MR) is 120 cm³/mol. The van der Waals surface area contributed by atoms with Gasteiger partial charge in [-0.05, 0) is 32.0 Å². The maximum Gasteiger partial charge on any atom is 0.193 e. The molecular formula is C19H37IN6. The number of rotatable bonds is 7. The first-order valence-corrected chi connectivity index (χ1v) is 9.60. The highest BCUT2D eigenvalue weighted by atomic mass is 127. The van der Waals surface area contributed by atoms with Gasteiger partial charge < -0.3 is 15.1 Å². The van der Waals surface area contributed by atoms with Gasteiger partial charge >= 0.3 is 0 Å². The van der Waals surface area contributed by atoms with Gasteiger partial charge in [-0.2, -0.15) is 5.10 Å². The first kappa shape index (κ1) is 23.2. The summed E-state index contributed by atoms with van der Waals surface area (Å²) in [6, 6.07) is 0.531. The number of hydrogen-bond donors (Lipinski definition) is 1. The fourth-order valence-corrected chi connectivity index (χ4v) is 4.01. The molecule has 6 nitrogen and oxygen atoms in total. The molecule has 1 aliphatic heterocycles. The van der Waals surface area contributed by atoms with Crippen molar-refractivity contribution in [1.29, 1.82) is 0 Å². The maximum atomic E-state index is 4.54. The Hall–Kier alpha value is -0.830. The molecule has 0 spiro atoms. The SMILES string of the molecule is CCC(CC)C(CNC(=NC)N1CCC(c2cnn(C)c2)C1)N(C)C.I. The van der Waals surface area contributed by atoms with E-state index in [1.54, 1.807) is 0 Å². The van der Waals surface area contributed by atoms with Crippen molar-refractivity contribution < 1.29 is 0 Å². The lowest BCUT2D eigenvalue weighted by Gasteiger charge is -2.33. The van der Waals surface area contributed by atoms with Crippen LogP contribution < -0.4 is 5.32 Å². The second-order valence-corrected chi connectivity index (χ2v) is 7.41. The molecule has 0 amide bonds. The Bertz CT molecular complexity index is 552. The second kappa shape index (κ2) is 11.1. The van der Waals surface area contributed by atoms with E-state index in [-0.39, 0.29) is 24.0 Å². The van der Waals surface area contributed by atoms with E-state index in [0.29, 0.717) is 17.9 Å². The van der Waals surface area contributed by atoms with E-state index >= 15 is 0 Å². The number of nitrogens with one attached hydrogen (secondary N) is 1. The summed E-state index contributed by atoms with van der Waals surface area (Å²) in [4.78, 5) is 9.27. The molecule has 1 N–H and O–H groups in total. The zero-order valence-corrected chi connectivity index (χ0v) is 19.6. The summed E-state index contributed by atoms with van der Waals surface area (Å²) in [5, 5.41) is 7.95. The van der Waals surface area contributed by atoms with E-state index in [4.69, 9.17) is 0 Å². The first-order valence-electron chi connectivity index (χ1n) is 9.60. The molecule has 2 unspecified atom stereocenters. The molecule has 2 heterocycles. The third-order valence-corrected chi connectivity index (χ3v) is 5.62. The Balaban J connectivity index is 0.00000338. The van der Waals surface area contributed by atoms with Crippen molar-refractivity contribution in [3.63, 3.8) is 0 Å². The molecule has 150 valence electrons. The molecule has 7 heteroatoms. The average Bonchev–Trinajstić information content (AvgIpc) is 3.23. The highest BCUT2D eigenvalue weighted by molar-refractivity contribution is 14.0. The number of aryl methyl sites for hydroxylation is 1. The van der Waals surface area contributed by atoms with Crippen LogP contribution in [-0.2, 0) is 7.05 Å². The van der Waals surface area contributed by atoms with Gasteiger partial charge in [0.1, 0.15) is 0 Å². The van der Waals surface area contributed by atoms with Crippen molar-refractivity contribution in [2.45, 2.75) is 45.1 Å². The zero-order valence-electron chi connectivity index (χ0n) is 17.3. The van der Waals surface area contributed by atoms with E-state index < -0.39 is 0 Å². The number of aromatic nitrogens is 2. The smallest absolute Gasteiger partial charge is 0.193 e. The van der Waals surface area contributed by atoms with Gasteiger partial charge in [0, 0.05) is 51.9 Å². The number of halogens is 1. The van der Waals surface area contributed by atoms with E-state index in [2.05, 4.69) is 59.3 Å². The van der Waals surface area contributed by atoms with Crippen LogP contribution in [0.15, 0.2) is 17.4 Å². The van der Waals surface area contributed by atoms with Crippen LogP contribution >= 0.6 is 24.0 Å². The number of nitrogens with zero attached hydrogens (tertiary/aromatic N) is 5. The summed E-state index contributed by atoms with van der Waals surface area (Å²) < 4.78 is 1.89. The lowest BCUT2D eigenvalue weighted by atomic mass is 9.93. The number of guanidine groups is 1. The third-order valence-electron chi connectivity index (χ3n) is 5.62. The van der Waals surface area contributed by atoms with Crippen LogP contribution in [0.1, 0.15) is 44.6 Å². The molecule has 2 atom stereocenters. The van der Waals surface area contributed by atoms with Gasteiger partial charge in [0.15, 0.2) is 5.96 Å². The van der Waals surface area contributed by atoms with Crippen LogP contribution in [0, 0.1) is 5.92 Å². The molecule has 1 aromatic heterocycles. The van der Waals surface area contributed by atoms with Crippen LogP contribution in [0.2, 0.25) is 0 Å². The minimum atomic E-state index is 0. The molecular weight excluding hydrogens is 439 g/mol. The highest BCUT2D eigenvalue weighted by Gasteiger charge is 2.28. The summed E-state index contributed by atoms with van der Waals surface area (Å²) in [5.74, 6) is 2.29. The summed E-state index contributed by atoms with van der Waals surface area (Å²) in [6.45, 7) is 7.59. The Kier molecular flexibility index (Phi) is 9.92. The molecule has 1 aromatic rings. The lowest BCUT2D eigenvalue weighted by molar-refractivity contribution is 0.199. The summed E-state index contributed by atoms with van der Waals surface area (Å²) in [6.07, 6.45) is 7.73. The average molecular weight is 476 g/mol. The predicted octanol–water partition coefficient (Wildman–Crippen LogP) is 2.77. The lowest BCUT2D eigenvalue weighted by Crippen LogP contribution is -2.48. The standard InChI is InChI=1S/C19H36N6.HI/c1-7-15(8-2)18(23(4)5)12-21-19(20-3)25-10-9-16(14-25)17-11-22-24(6)13-17;/h11,13,15-16,18H,7-10,12,14H2,1-6H3,(H,20,21);1H. The van der Waals surface area contributed by atoms with Gasteiger partial charge in [0.2, 0.25) is 0 Å². The Labute approximate surface area is 176 Å². The Morgan fingerprint density at radius 2 is 2.08 bits per heavy atom. The molecule has 1 fully saturated rings. The second-order valence-electron chi connectivity index (χ2n) is 7.41. The van der Waals surface area contributed by atoms with Crippen LogP contribution in [0.5, 0.6) is 0 Å². The molecule has 0 bridgehead atoms. The first-order chi connectivity index (χ1) is 12.0. The highest BCUT2D eigenvalue weighted by Crippen LogP contribution is 2.26. The molecule has 0 saturated carbocycles. The minimum absolute atomic E-state index is 0. The molecule has 1 aliphatic rings. The largest absolute Gasteiger partial charge is 0.355 e. The van der Waals surface area contributed by atoms with Crippen molar-refractivity contribution in [3.05, 3.63) is 18.0 Å². The van der Waals surface area contributed by atoms with Crippen molar-refractivity contribution in [2.75, 3.05) is 40.8 Å². The summed E-state index contributed by atoms with van der Waals surface area (Å²) in [5.41, 5.74) is 1.34. The summed E-state index contributed by atoms with van der Waals surface area (Å²) >= 11 is 0. The van der Waals surface area contributed by atoms with Crippen LogP contribution in [0.25, 0.3) is 0 Å². The van der Waals surface area contributed by atoms with Gasteiger partial charge in [0.05, 0.1) is 6.20 Å². The maximum absolute atomic E-state index is 4.54. The van der Waals surface area contributed by atoms with Gasteiger partial charge in [-0.1, -0.05) is 26.7 Å². The Morgan fingerprint density at radius 1 is 1.38 bits per heavy atom. The molecule has 1 saturated heterocycles. The van der Waals surface area contributed by atoms with Crippen molar-refractivity contribution in [2.24, 2.45) is 18.0 Å². The Morgan fingerprint density at radius 3 is 2.58 bits per heavy atom. The van der Waals surface area contributed by atoms with E-state index in [1.807, 2.05) is 25.0 Å². The fourth-order valence-electron chi connectivity index (χ4n) is 4.01. The van der Waals surface area contributed by atoms with Crippen LogP contribution in [-0.4, -0.2) is 72.4 Å². The van der Waals surface area contributed by atoms with Crippen molar-refractivity contribution in [1.82, 2.24) is 24.9 Å². The number of likely N-dealkylation sites (tertiary alicyclic amines) is 1. The zero-order chi connectivity index (χ0) is 18.4. The van der Waals surface area contributed by atoms with E-state index in [9.17, 15) is 0 Å². The van der Waals surface area contributed by atoms with Crippen LogP contribution in [0.3, 0.4) is 0 Å². The molecule has 0 aliphatic carbocycles. The van der Waals surface area contributed by atoms with Gasteiger partial charge in [-0.15, -0.1) is 24.0 Å². The number of likely N-dealkylation sites (N-methyl/N-ethyl adjacent to an activating group) is 1. The van der Waals surface area contributed by atoms with Gasteiger partial charge in [-0.25, -0.2) is 0 Å². The number of hydrogen-bond acceptors (Lipinski definition) is 3. The molecule has 26 heavy (non-hydrogen) atoms. The van der Waals surface area contributed by atoms with Gasteiger partial charge in [0.25, 0.3) is 0 Å². The topological polar surface area (TPSA) is 48.7 Å².